The molecular formula is C17H22N4O3S2. The number of nitrogens with zero attached hydrogens (tertiary/aromatic N) is 4. The molecule has 9 heteroatoms. The van der Waals surface area contributed by atoms with Gasteiger partial charge in [0.25, 0.3) is 0 Å². The quantitative estimate of drug-likeness (QED) is 0.724. The molecule has 1 fully saturated rings. The van der Waals surface area contributed by atoms with E-state index in [0.29, 0.717) is 31.7 Å². The van der Waals surface area contributed by atoms with E-state index in [4.69, 9.17) is 0 Å². The molecule has 2 heterocycles. The van der Waals surface area contributed by atoms with Gasteiger partial charge in [0.15, 0.2) is 5.78 Å². The van der Waals surface area contributed by atoms with Crippen molar-refractivity contribution in [2.24, 2.45) is 0 Å². The van der Waals surface area contributed by atoms with E-state index in [1.165, 1.54) is 34.9 Å². The van der Waals surface area contributed by atoms with Crippen LogP contribution in [0.5, 0.6) is 0 Å². The maximum Gasteiger partial charge on any atom is 0.243 e. The van der Waals surface area contributed by atoms with Crippen LogP contribution in [0.4, 0.5) is 5.13 Å². The molecule has 0 N–H and O–H groups in total. The summed E-state index contributed by atoms with van der Waals surface area (Å²) in [5.41, 5.74) is 0.506. The zero-order valence-electron chi connectivity index (χ0n) is 15.0. The molecule has 1 aromatic carbocycles. The molecule has 140 valence electrons. The fourth-order valence-electron chi connectivity index (χ4n) is 2.72. The number of aromatic nitrogens is 2. The molecule has 26 heavy (non-hydrogen) atoms. The van der Waals surface area contributed by atoms with Crippen molar-refractivity contribution < 1.29 is 13.2 Å². The summed E-state index contributed by atoms with van der Waals surface area (Å²) in [6.45, 7) is 7.51. The number of piperazine rings is 1. The Balaban J connectivity index is 1.69. The number of anilines is 1. The van der Waals surface area contributed by atoms with Gasteiger partial charge in [0.05, 0.1) is 4.90 Å². The third-order valence-corrected chi connectivity index (χ3v) is 7.06. The molecule has 7 nitrogen and oxygen atoms in total. The van der Waals surface area contributed by atoms with Gasteiger partial charge >= 0.3 is 0 Å². The molecule has 0 saturated carbocycles. The normalized spacial score (nSPS) is 16.2. The van der Waals surface area contributed by atoms with Gasteiger partial charge < -0.3 is 4.90 Å². The summed E-state index contributed by atoms with van der Waals surface area (Å²) in [6.07, 6.45) is 0. The van der Waals surface area contributed by atoms with E-state index in [2.05, 4.69) is 14.3 Å². The monoisotopic (exact) mass is 394 g/mol. The minimum atomic E-state index is -3.56. The second-order valence-corrected chi connectivity index (χ2v) is 9.23. The Morgan fingerprint density at radius 3 is 2.23 bits per heavy atom. The summed E-state index contributed by atoms with van der Waals surface area (Å²) in [5, 5.41) is 0.844. The lowest BCUT2D eigenvalue weighted by atomic mass is 10.2. The number of ketones is 1. The fraction of sp³-hybridized carbons (Fsp3) is 0.471. The number of Topliss-reactive ketones (excluding diaryl/α,β-unsaturated/α-hetero) is 1. The van der Waals surface area contributed by atoms with Gasteiger partial charge in [0.1, 0.15) is 5.82 Å². The third kappa shape index (κ3) is 3.79. The third-order valence-electron chi connectivity index (χ3n) is 4.36. The minimum Gasteiger partial charge on any atom is -0.344 e. The number of carbonyl (C=O) groups excluding carboxylic acids is 1. The molecule has 1 aromatic heterocycles. The molecule has 2 aromatic rings. The number of sulfonamides is 1. The molecule has 0 aliphatic carbocycles. The van der Waals surface area contributed by atoms with E-state index >= 15 is 0 Å². The van der Waals surface area contributed by atoms with Gasteiger partial charge in [-0.15, -0.1) is 0 Å². The van der Waals surface area contributed by atoms with E-state index in [9.17, 15) is 13.2 Å². The van der Waals surface area contributed by atoms with E-state index in [0.717, 1.165) is 11.0 Å². The van der Waals surface area contributed by atoms with Gasteiger partial charge in [0, 0.05) is 49.2 Å². The molecule has 3 rings (SSSR count). The number of hydrogen-bond acceptors (Lipinski definition) is 7. The first-order valence-electron chi connectivity index (χ1n) is 8.48. The van der Waals surface area contributed by atoms with E-state index < -0.39 is 10.0 Å². The van der Waals surface area contributed by atoms with Gasteiger partial charge in [-0.05, 0) is 19.1 Å². The predicted octanol–water partition coefficient (Wildman–Crippen LogP) is 2.38. The molecule has 1 aliphatic heterocycles. The second kappa shape index (κ2) is 7.42. The van der Waals surface area contributed by atoms with Crippen LogP contribution in [0.1, 0.15) is 42.9 Å². The summed E-state index contributed by atoms with van der Waals surface area (Å²) in [5.74, 6) is 1.02. The maximum atomic E-state index is 12.8. The average Bonchev–Trinajstić information content (AvgIpc) is 3.12. The van der Waals surface area contributed by atoms with Crippen LogP contribution < -0.4 is 4.90 Å². The van der Waals surface area contributed by atoms with Crippen molar-refractivity contribution in [2.45, 2.75) is 31.6 Å². The SMILES string of the molecule is CC(=O)c1ccc(S(=O)(=O)N2CCN(c3nc(C(C)C)ns3)CC2)cc1. The van der Waals surface area contributed by atoms with E-state index in [1.54, 1.807) is 12.1 Å². The molecule has 0 bridgehead atoms. The Morgan fingerprint density at radius 2 is 1.73 bits per heavy atom. The van der Waals surface area contributed by atoms with Crippen LogP contribution in [0, 0.1) is 0 Å². The lowest BCUT2D eigenvalue weighted by Crippen LogP contribution is -2.48. The Morgan fingerprint density at radius 1 is 1.12 bits per heavy atom. The largest absolute Gasteiger partial charge is 0.344 e. The van der Waals surface area contributed by atoms with Crippen molar-refractivity contribution in [1.29, 1.82) is 0 Å². The standard InChI is InChI=1S/C17H22N4O3S2/c1-12(2)16-18-17(25-19-16)20-8-10-21(11-9-20)26(23,24)15-6-4-14(5-7-15)13(3)22/h4-7,12H,8-11H2,1-3H3. The van der Waals surface area contributed by atoms with Crippen LogP contribution in [-0.2, 0) is 10.0 Å². The summed E-state index contributed by atoms with van der Waals surface area (Å²) in [6, 6.07) is 6.11. The molecule has 1 saturated heterocycles. The van der Waals surface area contributed by atoms with Crippen molar-refractivity contribution >= 4 is 32.5 Å². The highest BCUT2D eigenvalue weighted by molar-refractivity contribution is 7.89. The van der Waals surface area contributed by atoms with E-state index in [-0.39, 0.29) is 16.6 Å². The topological polar surface area (TPSA) is 83.5 Å². The van der Waals surface area contributed by atoms with Crippen molar-refractivity contribution in [3.8, 4) is 0 Å². The summed E-state index contributed by atoms with van der Waals surface area (Å²) in [4.78, 5) is 18.2. The van der Waals surface area contributed by atoms with Crippen molar-refractivity contribution in [2.75, 3.05) is 31.1 Å². The number of benzene rings is 1. The summed E-state index contributed by atoms with van der Waals surface area (Å²) < 4.78 is 31.4. The number of rotatable bonds is 5. The van der Waals surface area contributed by atoms with Crippen LogP contribution >= 0.6 is 11.5 Å². The predicted molar refractivity (Wildman–Crippen MR) is 101 cm³/mol. The first-order valence-corrected chi connectivity index (χ1v) is 10.7. The van der Waals surface area contributed by atoms with Crippen LogP contribution in [0.2, 0.25) is 0 Å². The summed E-state index contributed by atoms with van der Waals surface area (Å²) in [7, 11) is -3.56. The number of carbonyl (C=O) groups is 1. The Kier molecular flexibility index (Phi) is 5.40. The van der Waals surface area contributed by atoms with Crippen molar-refractivity contribution in [3.05, 3.63) is 35.7 Å². The van der Waals surface area contributed by atoms with E-state index in [1.807, 2.05) is 13.8 Å². The molecule has 0 atom stereocenters. The van der Waals surface area contributed by atoms with Gasteiger partial charge in [-0.2, -0.15) is 8.68 Å². The first kappa shape index (κ1) is 18.9. The smallest absolute Gasteiger partial charge is 0.243 e. The molecular weight excluding hydrogens is 372 g/mol. The lowest BCUT2D eigenvalue weighted by Gasteiger charge is -2.33. The zero-order chi connectivity index (χ0) is 18.9. The van der Waals surface area contributed by atoms with Gasteiger partial charge in [0.2, 0.25) is 15.2 Å². The highest BCUT2D eigenvalue weighted by Crippen LogP contribution is 2.24. The summed E-state index contributed by atoms with van der Waals surface area (Å²) >= 11 is 1.36. The Labute approximate surface area is 157 Å². The second-order valence-electron chi connectivity index (χ2n) is 6.56. The molecule has 0 spiro atoms. The fourth-order valence-corrected chi connectivity index (χ4v) is 5.00. The molecule has 0 radical (unpaired) electrons. The van der Waals surface area contributed by atoms with Crippen LogP contribution in [0.25, 0.3) is 0 Å². The molecule has 0 amide bonds. The van der Waals surface area contributed by atoms with Crippen LogP contribution in [0.3, 0.4) is 0 Å². The van der Waals surface area contributed by atoms with Gasteiger partial charge in [-0.3, -0.25) is 4.79 Å². The Bertz CT molecular complexity index is 883. The zero-order valence-corrected chi connectivity index (χ0v) is 16.7. The lowest BCUT2D eigenvalue weighted by molar-refractivity contribution is 0.101. The molecule has 1 aliphatic rings. The van der Waals surface area contributed by atoms with Crippen molar-refractivity contribution in [3.63, 3.8) is 0 Å². The highest BCUT2D eigenvalue weighted by Gasteiger charge is 2.29. The van der Waals surface area contributed by atoms with Gasteiger partial charge in [-0.1, -0.05) is 26.0 Å². The maximum absolute atomic E-state index is 12.8. The van der Waals surface area contributed by atoms with Crippen LogP contribution in [0.15, 0.2) is 29.2 Å². The van der Waals surface area contributed by atoms with Gasteiger partial charge in [-0.25, -0.2) is 13.4 Å². The number of hydrogen-bond donors (Lipinski definition) is 0. The Hall–Kier alpha value is -1.84. The first-order chi connectivity index (χ1) is 12.3. The minimum absolute atomic E-state index is 0.0830. The highest BCUT2D eigenvalue weighted by atomic mass is 32.2. The van der Waals surface area contributed by atoms with Crippen LogP contribution in [-0.4, -0.2) is 54.0 Å². The average molecular weight is 395 g/mol. The molecule has 0 unspecified atom stereocenters. The van der Waals surface area contributed by atoms with Crippen molar-refractivity contribution in [1.82, 2.24) is 13.7 Å².